The highest BCUT2D eigenvalue weighted by molar-refractivity contribution is 5.24. The minimum atomic E-state index is -0.417. The molecule has 2 aromatic carbocycles. The summed E-state index contributed by atoms with van der Waals surface area (Å²) in [5, 5.41) is 0. The number of allylic oxidation sites excluding steroid dienone is 1. The molecule has 0 spiro atoms. The van der Waals surface area contributed by atoms with E-state index in [2.05, 4.69) is 13.8 Å². The fraction of sp³-hybridized carbons (Fsp3) is 0.222. The molecule has 0 unspecified atom stereocenters. The third-order valence-electron chi connectivity index (χ3n) is 2.97. The largest absolute Gasteiger partial charge is 0.451 e. The third-order valence-corrected chi connectivity index (χ3v) is 2.97. The molecule has 0 atom stereocenters. The highest BCUT2D eigenvalue weighted by atomic mass is 16.7. The Labute approximate surface area is 120 Å². The fourth-order valence-corrected chi connectivity index (χ4v) is 1.71. The zero-order chi connectivity index (χ0) is 14.2. The Morgan fingerprint density at radius 1 is 0.900 bits per heavy atom. The van der Waals surface area contributed by atoms with Gasteiger partial charge in [0.05, 0.1) is 0 Å². The van der Waals surface area contributed by atoms with Crippen molar-refractivity contribution < 1.29 is 9.47 Å². The molecule has 0 saturated carbocycles. The Morgan fingerprint density at radius 3 is 1.75 bits per heavy atom. The predicted molar refractivity (Wildman–Crippen MR) is 82.0 cm³/mol. The first-order valence-corrected chi connectivity index (χ1v) is 6.88. The second-order valence-corrected chi connectivity index (χ2v) is 4.60. The Hall–Kier alpha value is -2.22. The van der Waals surface area contributed by atoms with Crippen LogP contribution < -0.4 is 9.47 Å². The van der Waals surface area contributed by atoms with E-state index in [4.69, 9.17) is 9.47 Å². The molecule has 20 heavy (non-hydrogen) atoms. The molecule has 0 amide bonds. The SMILES string of the molecule is CCC(C)=CC(Oc1ccccc1)Oc1ccccc1. The van der Waals surface area contributed by atoms with Gasteiger partial charge in [-0.25, -0.2) is 0 Å². The van der Waals surface area contributed by atoms with Crippen LogP contribution in [0.25, 0.3) is 0 Å². The quantitative estimate of drug-likeness (QED) is 0.552. The summed E-state index contributed by atoms with van der Waals surface area (Å²) in [5.41, 5.74) is 1.24. The van der Waals surface area contributed by atoms with Gasteiger partial charge in [0.15, 0.2) is 0 Å². The van der Waals surface area contributed by atoms with Crippen molar-refractivity contribution in [3.63, 3.8) is 0 Å². The number of rotatable bonds is 6. The van der Waals surface area contributed by atoms with E-state index in [0.717, 1.165) is 17.9 Å². The molecule has 0 bridgehead atoms. The lowest BCUT2D eigenvalue weighted by Crippen LogP contribution is -2.21. The van der Waals surface area contributed by atoms with E-state index in [9.17, 15) is 0 Å². The van der Waals surface area contributed by atoms with Crippen LogP contribution in [-0.4, -0.2) is 6.29 Å². The van der Waals surface area contributed by atoms with Crippen molar-refractivity contribution in [3.05, 3.63) is 72.3 Å². The molecule has 0 fully saturated rings. The van der Waals surface area contributed by atoms with Gasteiger partial charge in [-0.3, -0.25) is 0 Å². The van der Waals surface area contributed by atoms with E-state index in [-0.39, 0.29) is 0 Å². The first-order chi connectivity index (χ1) is 9.78. The predicted octanol–water partition coefficient (Wildman–Crippen LogP) is 4.83. The van der Waals surface area contributed by atoms with Crippen LogP contribution >= 0.6 is 0 Å². The lowest BCUT2D eigenvalue weighted by molar-refractivity contribution is 0.0465. The summed E-state index contributed by atoms with van der Waals surface area (Å²) in [4.78, 5) is 0. The van der Waals surface area contributed by atoms with Crippen molar-refractivity contribution in [1.29, 1.82) is 0 Å². The van der Waals surface area contributed by atoms with Crippen molar-refractivity contribution >= 4 is 0 Å². The first-order valence-electron chi connectivity index (χ1n) is 6.88. The van der Waals surface area contributed by atoms with E-state index >= 15 is 0 Å². The van der Waals surface area contributed by atoms with Gasteiger partial charge >= 0.3 is 0 Å². The molecule has 0 aliphatic rings. The van der Waals surface area contributed by atoms with E-state index < -0.39 is 6.29 Å². The van der Waals surface area contributed by atoms with Crippen LogP contribution in [0.2, 0.25) is 0 Å². The van der Waals surface area contributed by atoms with Crippen LogP contribution in [-0.2, 0) is 0 Å². The lowest BCUT2D eigenvalue weighted by atomic mass is 10.2. The summed E-state index contributed by atoms with van der Waals surface area (Å²) < 4.78 is 11.8. The van der Waals surface area contributed by atoms with Gasteiger partial charge < -0.3 is 9.47 Å². The van der Waals surface area contributed by atoms with E-state index in [1.807, 2.05) is 66.7 Å². The molecular formula is C18H20O2. The maximum absolute atomic E-state index is 5.89. The van der Waals surface area contributed by atoms with Crippen LogP contribution in [0.4, 0.5) is 0 Å². The van der Waals surface area contributed by atoms with E-state index in [1.54, 1.807) is 0 Å². The molecule has 0 aliphatic heterocycles. The number of para-hydroxylation sites is 2. The van der Waals surface area contributed by atoms with Gasteiger partial charge in [0.25, 0.3) is 6.29 Å². The van der Waals surface area contributed by atoms with Gasteiger partial charge in [-0.1, -0.05) is 48.9 Å². The van der Waals surface area contributed by atoms with Crippen molar-refractivity contribution in [3.8, 4) is 11.5 Å². The zero-order valence-electron chi connectivity index (χ0n) is 12.0. The number of benzene rings is 2. The maximum atomic E-state index is 5.89. The summed E-state index contributed by atoms with van der Waals surface area (Å²) in [7, 11) is 0. The molecule has 0 N–H and O–H groups in total. The van der Waals surface area contributed by atoms with Crippen LogP contribution in [0.1, 0.15) is 20.3 Å². The molecule has 0 saturated heterocycles. The van der Waals surface area contributed by atoms with Crippen LogP contribution in [0.15, 0.2) is 72.3 Å². The Balaban J connectivity index is 2.12. The van der Waals surface area contributed by atoms with Gasteiger partial charge in [0, 0.05) is 0 Å². The highest BCUT2D eigenvalue weighted by Crippen LogP contribution is 2.17. The van der Waals surface area contributed by atoms with Crippen LogP contribution in [0, 0.1) is 0 Å². The molecule has 2 aromatic rings. The molecule has 104 valence electrons. The van der Waals surface area contributed by atoms with Gasteiger partial charge in [0.1, 0.15) is 11.5 Å². The van der Waals surface area contributed by atoms with Gasteiger partial charge in [-0.2, -0.15) is 0 Å². The second-order valence-electron chi connectivity index (χ2n) is 4.60. The normalized spacial score (nSPS) is 11.4. The second kappa shape index (κ2) is 7.39. The Bertz CT molecular complexity index is 490. The molecule has 2 rings (SSSR count). The average Bonchev–Trinajstić information content (AvgIpc) is 2.49. The average molecular weight is 268 g/mol. The molecule has 0 aliphatic carbocycles. The van der Waals surface area contributed by atoms with Crippen molar-refractivity contribution in [1.82, 2.24) is 0 Å². The smallest absolute Gasteiger partial charge is 0.260 e. The first kappa shape index (κ1) is 14.2. The number of ether oxygens (including phenoxy) is 2. The third kappa shape index (κ3) is 4.47. The van der Waals surface area contributed by atoms with E-state index in [0.29, 0.717) is 0 Å². The highest BCUT2D eigenvalue weighted by Gasteiger charge is 2.09. The van der Waals surface area contributed by atoms with Crippen LogP contribution in [0.5, 0.6) is 11.5 Å². The summed E-state index contributed by atoms with van der Waals surface area (Å²) in [6.07, 6.45) is 2.58. The van der Waals surface area contributed by atoms with Gasteiger partial charge in [-0.05, 0) is 43.7 Å². The summed E-state index contributed by atoms with van der Waals surface area (Å²) >= 11 is 0. The van der Waals surface area contributed by atoms with Crippen molar-refractivity contribution in [2.75, 3.05) is 0 Å². The molecule has 0 heterocycles. The minimum absolute atomic E-state index is 0.417. The standard InChI is InChI=1S/C18H20O2/c1-3-15(2)14-18(19-16-10-6-4-7-11-16)20-17-12-8-5-9-13-17/h4-14,18H,3H2,1-2H3. The summed E-state index contributed by atoms with van der Waals surface area (Å²) in [6, 6.07) is 19.4. The van der Waals surface area contributed by atoms with Crippen molar-refractivity contribution in [2.45, 2.75) is 26.6 Å². The number of hydrogen-bond donors (Lipinski definition) is 0. The molecular weight excluding hydrogens is 248 g/mol. The Morgan fingerprint density at radius 2 is 1.35 bits per heavy atom. The van der Waals surface area contributed by atoms with Crippen LogP contribution in [0.3, 0.4) is 0 Å². The maximum Gasteiger partial charge on any atom is 0.260 e. The van der Waals surface area contributed by atoms with Gasteiger partial charge in [-0.15, -0.1) is 0 Å². The molecule has 0 aromatic heterocycles. The zero-order valence-corrected chi connectivity index (χ0v) is 12.0. The topological polar surface area (TPSA) is 18.5 Å². The summed E-state index contributed by atoms with van der Waals surface area (Å²) in [6.45, 7) is 4.20. The minimum Gasteiger partial charge on any atom is -0.451 e. The fourth-order valence-electron chi connectivity index (χ4n) is 1.71. The summed E-state index contributed by atoms with van der Waals surface area (Å²) in [5.74, 6) is 1.60. The molecule has 0 radical (unpaired) electrons. The van der Waals surface area contributed by atoms with Gasteiger partial charge in [0.2, 0.25) is 0 Å². The lowest BCUT2D eigenvalue weighted by Gasteiger charge is -2.18. The molecule has 2 heteroatoms. The molecule has 2 nitrogen and oxygen atoms in total. The van der Waals surface area contributed by atoms with Crippen molar-refractivity contribution in [2.24, 2.45) is 0 Å². The Kier molecular flexibility index (Phi) is 5.24. The monoisotopic (exact) mass is 268 g/mol. The van der Waals surface area contributed by atoms with E-state index in [1.165, 1.54) is 5.57 Å². The number of hydrogen-bond acceptors (Lipinski definition) is 2.